The van der Waals surface area contributed by atoms with Crippen LogP contribution in [0, 0.1) is 27.7 Å². The van der Waals surface area contributed by atoms with Crippen molar-refractivity contribution in [3.63, 3.8) is 0 Å². The Morgan fingerprint density at radius 1 is 0.307 bits per heavy atom. The first-order chi connectivity index (χ1) is 36.7. The van der Waals surface area contributed by atoms with Crippen LogP contribution in [-0.4, -0.2) is 21.3 Å². The molecule has 10 aromatic rings. The highest BCUT2D eigenvalue weighted by Gasteiger charge is 2.18. The van der Waals surface area contributed by atoms with Gasteiger partial charge in [-0.05, 0) is 166 Å². The van der Waals surface area contributed by atoms with Crippen LogP contribution in [0.1, 0.15) is 33.4 Å². The van der Waals surface area contributed by atoms with Crippen molar-refractivity contribution in [3.05, 3.63) is 246 Å². The van der Waals surface area contributed by atoms with Crippen LogP contribution in [0.2, 0.25) is 0 Å². The van der Waals surface area contributed by atoms with Crippen LogP contribution in [-0.2, 0) is 6.42 Å². The van der Waals surface area contributed by atoms with Crippen molar-refractivity contribution < 1.29 is 14.2 Å². The number of fused-ring (bicyclic) bond motifs is 4. The third kappa shape index (κ3) is 12.3. The molecule has 0 heterocycles. The van der Waals surface area contributed by atoms with Crippen molar-refractivity contribution in [3.8, 4) is 50.6 Å². The van der Waals surface area contributed by atoms with Crippen molar-refractivity contribution in [1.82, 2.24) is 0 Å². The molecule has 0 aromatic heterocycles. The number of rotatable bonds is 11. The number of methoxy groups -OCH3 is 3. The summed E-state index contributed by atoms with van der Waals surface area (Å²) in [5.41, 5.74) is 19.1. The van der Waals surface area contributed by atoms with Gasteiger partial charge in [0.1, 0.15) is 34.3 Å². The van der Waals surface area contributed by atoms with Crippen LogP contribution in [0.5, 0.6) is 17.2 Å². The van der Waals surface area contributed by atoms with E-state index in [9.17, 15) is 0 Å². The molecule has 0 saturated carbocycles. The molecule has 0 fully saturated rings. The van der Waals surface area contributed by atoms with Gasteiger partial charge >= 0.3 is 0 Å². The highest BCUT2D eigenvalue weighted by molar-refractivity contribution is 5.85. The Balaban J connectivity index is 0.000000139. The minimum absolute atomic E-state index is 0.730. The summed E-state index contributed by atoms with van der Waals surface area (Å²) in [6.07, 6.45) is 0.961. The number of ether oxygens (including phenoxy) is 3. The summed E-state index contributed by atoms with van der Waals surface area (Å²) < 4.78 is 16.3. The second kappa shape index (κ2) is 23.9. The van der Waals surface area contributed by atoms with Gasteiger partial charge in [0.2, 0.25) is 0 Å². The van der Waals surface area contributed by atoms with Crippen molar-refractivity contribution in [2.75, 3.05) is 21.3 Å². The second-order valence-electron chi connectivity index (χ2n) is 18.2. The predicted molar refractivity (Wildman–Crippen MR) is 306 cm³/mol. The zero-order valence-electron chi connectivity index (χ0n) is 43.3. The summed E-state index contributed by atoms with van der Waals surface area (Å²) in [7, 11) is 4.97. The van der Waals surface area contributed by atoms with Gasteiger partial charge in [0.05, 0.1) is 38.4 Å². The van der Waals surface area contributed by atoms with Crippen LogP contribution < -0.4 is 14.2 Å². The van der Waals surface area contributed by atoms with Gasteiger partial charge in [0.25, 0.3) is 0 Å². The quantitative estimate of drug-likeness (QED) is 0.121. The minimum atomic E-state index is 0.730. The van der Waals surface area contributed by atoms with Crippen LogP contribution >= 0.6 is 0 Å². The molecule has 0 bridgehead atoms. The van der Waals surface area contributed by atoms with Gasteiger partial charge in [-0.2, -0.15) is 15.3 Å². The van der Waals surface area contributed by atoms with Crippen molar-refractivity contribution in [2.45, 2.75) is 34.1 Å². The zero-order chi connectivity index (χ0) is 52.1. The number of azo groups is 3. The fraction of sp³-hybridized carbons (Fsp3) is 0.121. The third-order valence-corrected chi connectivity index (χ3v) is 12.9. The van der Waals surface area contributed by atoms with Crippen LogP contribution in [0.3, 0.4) is 0 Å². The Labute approximate surface area is 439 Å². The summed E-state index contributed by atoms with van der Waals surface area (Å²) in [4.78, 5) is 0. The number of nitrogens with zero attached hydrogens (tertiary/aromatic N) is 6. The largest absolute Gasteiger partial charge is 0.494 e. The van der Waals surface area contributed by atoms with E-state index in [0.717, 1.165) is 91.0 Å². The molecule has 0 saturated heterocycles. The number of para-hydroxylation sites is 2. The molecule has 0 spiro atoms. The highest BCUT2D eigenvalue weighted by atomic mass is 16.5. The highest BCUT2D eigenvalue weighted by Crippen LogP contribution is 2.40. The lowest BCUT2D eigenvalue weighted by molar-refractivity contribution is 0.412. The molecule has 0 N–H and O–H groups in total. The molecule has 0 radical (unpaired) electrons. The molecule has 0 unspecified atom stereocenters. The summed E-state index contributed by atoms with van der Waals surface area (Å²) in [6, 6.07) is 72.0. The lowest BCUT2D eigenvalue weighted by Crippen LogP contribution is -1.88. The van der Waals surface area contributed by atoms with E-state index >= 15 is 0 Å². The smallest absolute Gasteiger partial charge is 0.149 e. The van der Waals surface area contributed by atoms with E-state index in [1.165, 1.54) is 44.3 Å². The number of hydrogen-bond donors (Lipinski definition) is 0. The Morgan fingerprint density at radius 2 is 0.773 bits per heavy atom. The van der Waals surface area contributed by atoms with Crippen molar-refractivity contribution in [2.24, 2.45) is 30.7 Å². The number of benzene rings is 10. The first-order valence-corrected chi connectivity index (χ1v) is 24.8. The summed E-state index contributed by atoms with van der Waals surface area (Å²) in [5, 5.41) is 28.6. The van der Waals surface area contributed by atoms with E-state index in [1.54, 1.807) is 21.3 Å². The average Bonchev–Trinajstić information content (AvgIpc) is 3.82. The normalized spacial score (nSPS) is 11.5. The molecule has 10 aromatic carbocycles. The van der Waals surface area contributed by atoms with E-state index < -0.39 is 0 Å². The lowest BCUT2D eigenvalue weighted by Gasteiger charge is -2.08. The Hall–Kier alpha value is -9.34. The monoisotopic (exact) mass is 982 g/mol. The lowest BCUT2D eigenvalue weighted by atomic mass is 10.0. The molecule has 0 atom stereocenters. The Morgan fingerprint density at radius 3 is 1.40 bits per heavy atom. The van der Waals surface area contributed by atoms with E-state index in [-0.39, 0.29) is 0 Å². The van der Waals surface area contributed by atoms with E-state index in [2.05, 4.69) is 152 Å². The Kier molecular flexibility index (Phi) is 16.1. The average molecular weight is 983 g/mol. The fourth-order valence-electron chi connectivity index (χ4n) is 9.21. The predicted octanol–water partition coefficient (Wildman–Crippen LogP) is 19.6. The molecule has 9 heteroatoms. The maximum Gasteiger partial charge on any atom is 0.149 e. The number of hydrogen-bond acceptors (Lipinski definition) is 9. The summed E-state index contributed by atoms with van der Waals surface area (Å²) in [5.74, 6) is 2.30. The van der Waals surface area contributed by atoms with E-state index in [4.69, 9.17) is 14.2 Å². The van der Waals surface area contributed by atoms with Gasteiger partial charge < -0.3 is 14.2 Å². The van der Waals surface area contributed by atoms with Crippen molar-refractivity contribution in [1.29, 1.82) is 0 Å². The topological polar surface area (TPSA) is 102 Å². The maximum atomic E-state index is 5.44. The van der Waals surface area contributed by atoms with E-state index in [0.29, 0.717) is 0 Å². The third-order valence-electron chi connectivity index (χ3n) is 12.9. The molecule has 1 aliphatic rings. The van der Waals surface area contributed by atoms with E-state index in [1.807, 2.05) is 119 Å². The van der Waals surface area contributed by atoms with Gasteiger partial charge in [-0.3, -0.25) is 0 Å². The molecule has 0 amide bonds. The molecule has 75 heavy (non-hydrogen) atoms. The number of aryl methyl sites for hydroxylation is 4. The van der Waals surface area contributed by atoms with Crippen LogP contribution in [0.15, 0.2) is 243 Å². The van der Waals surface area contributed by atoms with Crippen LogP contribution in [0.4, 0.5) is 34.1 Å². The zero-order valence-corrected chi connectivity index (χ0v) is 43.3. The fourth-order valence-corrected chi connectivity index (χ4v) is 9.21. The van der Waals surface area contributed by atoms with Gasteiger partial charge in [-0.25, -0.2) is 0 Å². The van der Waals surface area contributed by atoms with Gasteiger partial charge in [-0.15, -0.1) is 15.3 Å². The summed E-state index contributed by atoms with van der Waals surface area (Å²) >= 11 is 0. The van der Waals surface area contributed by atoms with Crippen LogP contribution in [0.25, 0.3) is 44.2 Å². The molecule has 0 aliphatic heterocycles. The Bertz CT molecular complexity index is 3680. The van der Waals surface area contributed by atoms with Gasteiger partial charge in [0, 0.05) is 0 Å². The SMILES string of the molecule is COc1c(C)cc(C)cc1N=Nc1ccc2ccccc2c1.COc1c(C)cccc1N=Nc1ccc(-c2ccc(-c3ccccc3)cc2)cc1.COc1c(C)cccc1N=Nc1ccc2c(c1)Cc1ccccc1-2. The molecule has 11 rings (SSSR count). The summed E-state index contributed by atoms with van der Waals surface area (Å²) in [6.45, 7) is 8.06. The van der Waals surface area contributed by atoms with Gasteiger partial charge in [-0.1, -0.05) is 158 Å². The standard InChI is InChI=1S/C26H22N2O.C21H18N2O.C19H18N2O/c1-19-7-6-10-25(26(19)29-2)28-27-24-17-15-23(16-18-24)22-13-11-21(12-14-22)20-8-4-3-5-9-20;1-14-6-5-9-20(21(14)24-2)23-22-17-10-11-19-16(13-17)12-15-7-3-4-8-18(15)19;1-13-10-14(2)19(22-3)18(11-13)21-20-17-9-8-15-6-4-5-7-16(15)12-17/h3-18H,1-2H3;3-11,13H,12H2,1-2H3;4-12H,1-3H3. The minimum Gasteiger partial charge on any atom is -0.494 e. The first-order valence-electron chi connectivity index (χ1n) is 24.8. The molecule has 9 nitrogen and oxygen atoms in total. The molecule has 370 valence electrons. The molecule has 1 aliphatic carbocycles. The maximum absolute atomic E-state index is 5.44. The first kappa shape index (κ1) is 50.6. The van der Waals surface area contributed by atoms with Gasteiger partial charge in [0.15, 0.2) is 0 Å². The molecular weight excluding hydrogens is 925 g/mol. The second-order valence-corrected chi connectivity index (χ2v) is 18.2. The van der Waals surface area contributed by atoms with Crippen molar-refractivity contribution >= 4 is 44.9 Å². The molecular formula is C66H58N6O3.